The van der Waals surface area contributed by atoms with Crippen molar-refractivity contribution in [1.29, 1.82) is 0 Å². The summed E-state index contributed by atoms with van der Waals surface area (Å²) in [5.41, 5.74) is 1.43. The van der Waals surface area contributed by atoms with Gasteiger partial charge in [-0.25, -0.2) is 0 Å². The number of aryl methyl sites for hydroxylation is 1. The van der Waals surface area contributed by atoms with E-state index in [-0.39, 0.29) is 5.91 Å². The molecule has 0 spiro atoms. The van der Waals surface area contributed by atoms with E-state index < -0.39 is 0 Å². The second kappa shape index (κ2) is 6.51. The standard InChI is InChI=1S/C12H20N4O2/c1-10-11(9-14-15-10)12(17)13-3-2-4-16-5-7-18-8-6-16/h9H,2-8H2,1H3,(H,13,17)(H,14,15). The van der Waals surface area contributed by atoms with E-state index in [2.05, 4.69) is 20.4 Å². The molecule has 0 saturated carbocycles. The first-order valence-corrected chi connectivity index (χ1v) is 6.35. The third-order valence-corrected chi connectivity index (χ3v) is 3.11. The van der Waals surface area contributed by atoms with Gasteiger partial charge in [-0.1, -0.05) is 0 Å². The lowest BCUT2D eigenvalue weighted by Crippen LogP contribution is -2.38. The number of H-pyrrole nitrogens is 1. The second-order valence-electron chi connectivity index (χ2n) is 4.47. The molecule has 0 radical (unpaired) electrons. The van der Waals surface area contributed by atoms with Crippen LogP contribution in [0.15, 0.2) is 6.20 Å². The highest BCUT2D eigenvalue weighted by molar-refractivity contribution is 5.94. The number of aromatic amines is 1. The molecule has 0 atom stereocenters. The Balaban J connectivity index is 1.63. The first kappa shape index (κ1) is 13.0. The van der Waals surface area contributed by atoms with Crippen molar-refractivity contribution in [3.05, 3.63) is 17.5 Å². The fraction of sp³-hybridized carbons (Fsp3) is 0.667. The van der Waals surface area contributed by atoms with Crippen molar-refractivity contribution >= 4 is 5.91 Å². The topological polar surface area (TPSA) is 70.2 Å². The summed E-state index contributed by atoms with van der Waals surface area (Å²) in [7, 11) is 0. The van der Waals surface area contributed by atoms with E-state index >= 15 is 0 Å². The van der Waals surface area contributed by atoms with Crippen molar-refractivity contribution < 1.29 is 9.53 Å². The Kier molecular flexibility index (Phi) is 4.72. The monoisotopic (exact) mass is 252 g/mol. The minimum atomic E-state index is -0.0526. The number of morpholine rings is 1. The summed E-state index contributed by atoms with van der Waals surface area (Å²) in [6, 6.07) is 0. The van der Waals surface area contributed by atoms with Gasteiger partial charge in [-0.15, -0.1) is 0 Å². The third kappa shape index (κ3) is 3.54. The van der Waals surface area contributed by atoms with Crippen LogP contribution in [0.1, 0.15) is 22.5 Å². The fourth-order valence-corrected chi connectivity index (χ4v) is 2.00. The van der Waals surface area contributed by atoms with Crippen LogP contribution in [0, 0.1) is 6.92 Å². The van der Waals surface area contributed by atoms with Crippen LogP contribution in [0.4, 0.5) is 0 Å². The summed E-state index contributed by atoms with van der Waals surface area (Å²) in [6.07, 6.45) is 2.52. The summed E-state index contributed by atoms with van der Waals surface area (Å²) in [6.45, 7) is 7.18. The van der Waals surface area contributed by atoms with E-state index in [1.165, 1.54) is 0 Å². The second-order valence-corrected chi connectivity index (χ2v) is 4.47. The summed E-state index contributed by atoms with van der Waals surface area (Å²) in [4.78, 5) is 14.1. The molecule has 2 N–H and O–H groups in total. The normalized spacial score (nSPS) is 16.7. The van der Waals surface area contributed by atoms with E-state index in [4.69, 9.17) is 4.74 Å². The van der Waals surface area contributed by atoms with Gasteiger partial charge < -0.3 is 10.1 Å². The number of amides is 1. The summed E-state index contributed by atoms with van der Waals surface area (Å²) in [5, 5.41) is 9.50. The zero-order valence-electron chi connectivity index (χ0n) is 10.7. The summed E-state index contributed by atoms with van der Waals surface area (Å²) < 4.78 is 5.28. The van der Waals surface area contributed by atoms with Crippen molar-refractivity contribution in [2.24, 2.45) is 0 Å². The van der Waals surface area contributed by atoms with Crippen molar-refractivity contribution in [3.63, 3.8) is 0 Å². The van der Waals surface area contributed by atoms with Crippen LogP contribution in [0.25, 0.3) is 0 Å². The van der Waals surface area contributed by atoms with E-state index in [1.54, 1.807) is 6.20 Å². The molecule has 1 aromatic heterocycles. The van der Waals surface area contributed by atoms with Crippen molar-refractivity contribution in [3.8, 4) is 0 Å². The molecule has 6 nitrogen and oxygen atoms in total. The molecule has 1 saturated heterocycles. The van der Waals surface area contributed by atoms with Gasteiger partial charge >= 0.3 is 0 Å². The molecule has 1 amide bonds. The SMILES string of the molecule is Cc1[nH]ncc1C(=O)NCCCN1CCOCC1. The maximum absolute atomic E-state index is 11.8. The van der Waals surface area contributed by atoms with Crippen molar-refractivity contribution in [1.82, 2.24) is 20.4 Å². The molecular formula is C12H20N4O2. The number of aromatic nitrogens is 2. The molecule has 6 heteroatoms. The maximum Gasteiger partial charge on any atom is 0.254 e. The first-order chi connectivity index (χ1) is 8.77. The molecule has 1 aliphatic heterocycles. The van der Waals surface area contributed by atoms with Gasteiger partial charge in [0.05, 0.1) is 25.0 Å². The van der Waals surface area contributed by atoms with Gasteiger partial charge in [0.15, 0.2) is 0 Å². The molecule has 0 unspecified atom stereocenters. The average Bonchev–Trinajstić information content (AvgIpc) is 2.82. The smallest absolute Gasteiger partial charge is 0.254 e. The van der Waals surface area contributed by atoms with E-state index in [9.17, 15) is 4.79 Å². The van der Waals surface area contributed by atoms with E-state index in [1.807, 2.05) is 6.92 Å². The Morgan fingerprint density at radius 2 is 2.33 bits per heavy atom. The van der Waals surface area contributed by atoms with Gasteiger partial charge in [-0.05, 0) is 19.9 Å². The Labute approximate surface area is 107 Å². The Morgan fingerprint density at radius 1 is 1.56 bits per heavy atom. The highest BCUT2D eigenvalue weighted by Crippen LogP contribution is 2.02. The van der Waals surface area contributed by atoms with Crippen molar-refractivity contribution in [2.75, 3.05) is 39.4 Å². The van der Waals surface area contributed by atoms with Crippen LogP contribution in [0.3, 0.4) is 0 Å². The van der Waals surface area contributed by atoms with Gasteiger partial charge in [-0.2, -0.15) is 5.10 Å². The van der Waals surface area contributed by atoms with Gasteiger partial charge in [0, 0.05) is 25.3 Å². The Hall–Kier alpha value is -1.40. The van der Waals surface area contributed by atoms with Gasteiger partial charge in [0.1, 0.15) is 0 Å². The molecule has 0 bridgehead atoms. The largest absolute Gasteiger partial charge is 0.379 e. The van der Waals surface area contributed by atoms with E-state index in [0.717, 1.165) is 45.0 Å². The van der Waals surface area contributed by atoms with E-state index in [0.29, 0.717) is 12.1 Å². The molecule has 2 rings (SSSR count). The lowest BCUT2D eigenvalue weighted by molar-refractivity contribution is 0.0374. The van der Waals surface area contributed by atoms with Gasteiger partial charge in [0.25, 0.3) is 5.91 Å². The zero-order chi connectivity index (χ0) is 12.8. The lowest BCUT2D eigenvalue weighted by Gasteiger charge is -2.26. The number of nitrogens with zero attached hydrogens (tertiary/aromatic N) is 2. The predicted molar refractivity (Wildman–Crippen MR) is 67.5 cm³/mol. The minimum absolute atomic E-state index is 0.0526. The molecular weight excluding hydrogens is 232 g/mol. The summed E-state index contributed by atoms with van der Waals surface area (Å²) in [5.74, 6) is -0.0526. The highest BCUT2D eigenvalue weighted by atomic mass is 16.5. The Morgan fingerprint density at radius 3 is 3.00 bits per heavy atom. The fourth-order valence-electron chi connectivity index (χ4n) is 2.00. The Bertz CT molecular complexity index is 385. The van der Waals surface area contributed by atoms with Crippen LogP contribution in [0.2, 0.25) is 0 Å². The molecule has 18 heavy (non-hydrogen) atoms. The average molecular weight is 252 g/mol. The molecule has 2 heterocycles. The predicted octanol–water partition coefficient (Wildman–Crippen LogP) is 0.170. The molecule has 100 valence electrons. The third-order valence-electron chi connectivity index (χ3n) is 3.11. The van der Waals surface area contributed by atoms with Crippen LogP contribution in [-0.4, -0.2) is 60.4 Å². The quantitative estimate of drug-likeness (QED) is 0.733. The van der Waals surface area contributed by atoms with Crippen LogP contribution in [-0.2, 0) is 4.74 Å². The molecule has 0 aliphatic carbocycles. The maximum atomic E-state index is 11.8. The first-order valence-electron chi connectivity index (χ1n) is 6.35. The minimum Gasteiger partial charge on any atom is -0.379 e. The number of hydrogen-bond acceptors (Lipinski definition) is 4. The number of nitrogens with one attached hydrogen (secondary N) is 2. The number of carbonyl (C=O) groups is 1. The number of ether oxygens (including phenoxy) is 1. The number of hydrogen-bond donors (Lipinski definition) is 2. The van der Waals surface area contributed by atoms with Crippen LogP contribution >= 0.6 is 0 Å². The molecule has 0 aromatic carbocycles. The lowest BCUT2D eigenvalue weighted by atomic mass is 10.2. The van der Waals surface area contributed by atoms with Crippen LogP contribution in [0.5, 0.6) is 0 Å². The number of rotatable bonds is 5. The molecule has 1 aliphatic rings. The summed E-state index contributed by atoms with van der Waals surface area (Å²) >= 11 is 0. The van der Waals surface area contributed by atoms with Crippen LogP contribution < -0.4 is 5.32 Å². The number of carbonyl (C=O) groups excluding carboxylic acids is 1. The molecule has 1 fully saturated rings. The highest BCUT2D eigenvalue weighted by Gasteiger charge is 2.11. The molecule has 1 aromatic rings. The van der Waals surface area contributed by atoms with Gasteiger partial charge in [-0.3, -0.25) is 14.8 Å². The van der Waals surface area contributed by atoms with Gasteiger partial charge in [0.2, 0.25) is 0 Å². The van der Waals surface area contributed by atoms with Crippen molar-refractivity contribution in [2.45, 2.75) is 13.3 Å². The zero-order valence-corrected chi connectivity index (χ0v) is 10.7.